The fourth-order valence-electron chi connectivity index (χ4n) is 8.26. The molecule has 0 radical (unpaired) electrons. The number of ether oxygens (including phenoxy) is 1. The fourth-order valence-corrected chi connectivity index (χ4v) is 8.26. The van der Waals surface area contributed by atoms with E-state index >= 15 is 0 Å². The standard InChI is InChI=1S/C44H34N4O/c1-2-12-29(13-3-1)32-14-4-5-15-34(32)42-28-46-44-38-26-30(21-23-33(38)35-16-6-9-19-40(35)48(42)44)49-31-22-24-37-36-17-7-8-18-39(36)47(41(37)27-31)43-20-10-11-25-45-43/h4-11,14-29H,1-3,12-13H2. The minimum absolute atomic E-state index is 0.593. The average molecular weight is 635 g/mol. The van der Waals surface area contributed by atoms with Gasteiger partial charge in [-0.1, -0.05) is 86.0 Å². The summed E-state index contributed by atoms with van der Waals surface area (Å²) in [7, 11) is 0. The monoisotopic (exact) mass is 634 g/mol. The van der Waals surface area contributed by atoms with Crippen LogP contribution < -0.4 is 4.74 Å². The lowest BCUT2D eigenvalue weighted by Gasteiger charge is -2.24. The number of imidazole rings is 1. The maximum atomic E-state index is 6.66. The summed E-state index contributed by atoms with van der Waals surface area (Å²) >= 11 is 0. The number of para-hydroxylation sites is 2. The molecule has 5 heteroatoms. The summed E-state index contributed by atoms with van der Waals surface area (Å²) in [6.45, 7) is 0. The highest BCUT2D eigenvalue weighted by atomic mass is 16.5. The van der Waals surface area contributed by atoms with Crippen LogP contribution in [-0.4, -0.2) is 18.9 Å². The van der Waals surface area contributed by atoms with Crippen LogP contribution in [0.1, 0.15) is 43.6 Å². The van der Waals surface area contributed by atoms with Crippen molar-refractivity contribution in [1.82, 2.24) is 18.9 Å². The zero-order valence-electron chi connectivity index (χ0n) is 27.1. The Bertz CT molecular complexity index is 2680. The molecule has 49 heavy (non-hydrogen) atoms. The predicted octanol–water partition coefficient (Wildman–Crippen LogP) is 11.6. The molecule has 4 aromatic heterocycles. The fraction of sp³-hybridized carbons (Fsp3) is 0.136. The molecule has 0 amide bonds. The molecule has 1 fully saturated rings. The maximum Gasteiger partial charge on any atom is 0.145 e. The van der Waals surface area contributed by atoms with Gasteiger partial charge in [0, 0.05) is 39.4 Å². The van der Waals surface area contributed by atoms with E-state index in [4.69, 9.17) is 14.7 Å². The van der Waals surface area contributed by atoms with E-state index in [1.807, 2.05) is 24.4 Å². The van der Waals surface area contributed by atoms with E-state index in [1.54, 1.807) is 0 Å². The number of nitrogens with zero attached hydrogens (tertiary/aromatic N) is 4. The number of benzene rings is 5. The number of fused-ring (bicyclic) bond motifs is 9. The van der Waals surface area contributed by atoms with Crippen LogP contribution in [0.25, 0.3) is 66.2 Å². The smallest absolute Gasteiger partial charge is 0.145 e. The lowest BCUT2D eigenvalue weighted by molar-refractivity contribution is 0.444. The van der Waals surface area contributed by atoms with Crippen molar-refractivity contribution < 1.29 is 4.74 Å². The Morgan fingerprint density at radius 1 is 0.551 bits per heavy atom. The summed E-state index contributed by atoms with van der Waals surface area (Å²) in [6, 6.07) is 44.9. The second kappa shape index (κ2) is 11.3. The molecule has 0 aliphatic heterocycles. The van der Waals surface area contributed by atoms with Crippen molar-refractivity contribution in [3.63, 3.8) is 0 Å². The Kier molecular flexibility index (Phi) is 6.51. The summed E-state index contributed by atoms with van der Waals surface area (Å²) in [5.41, 5.74) is 8.16. The molecule has 5 aromatic carbocycles. The van der Waals surface area contributed by atoms with Crippen LogP contribution in [0.3, 0.4) is 0 Å². The lowest BCUT2D eigenvalue weighted by atomic mass is 9.81. The lowest BCUT2D eigenvalue weighted by Crippen LogP contribution is -2.06. The first-order valence-electron chi connectivity index (χ1n) is 17.4. The zero-order valence-corrected chi connectivity index (χ0v) is 27.1. The molecular formula is C44H34N4O. The molecule has 1 aliphatic carbocycles. The number of hydrogen-bond acceptors (Lipinski definition) is 3. The van der Waals surface area contributed by atoms with E-state index in [2.05, 4.69) is 124 Å². The van der Waals surface area contributed by atoms with Crippen molar-refractivity contribution in [2.45, 2.75) is 38.0 Å². The SMILES string of the molecule is c1ccc(-n2c3ccccc3c3ccc(Oc4ccc5c6ccccc6n6c(-c7ccccc7C7CCCCC7)cnc6c5c4)cc32)nc1. The molecule has 4 heterocycles. The molecule has 1 saturated carbocycles. The molecule has 1 aliphatic rings. The Morgan fingerprint density at radius 2 is 1.24 bits per heavy atom. The largest absolute Gasteiger partial charge is 0.457 e. The first-order chi connectivity index (χ1) is 24.3. The minimum atomic E-state index is 0.593. The van der Waals surface area contributed by atoms with Gasteiger partial charge in [0.25, 0.3) is 0 Å². The van der Waals surface area contributed by atoms with Crippen LogP contribution in [0.2, 0.25) is 0 Å². The molecule has 5 nitrogen and oxygen atoms in total. The van der Waals surface area contributed by atoms with Crippen LogP contribution in [0, 0.1) is 0 Å². The van der Waals surface area contributed by atoms with Crippen LogP contribution in [-0.2, 0) is 0 Å². The first kappa shape index (κ1) is 28.1. The average Bonchev–Trinajstić information content (AvgIpc) is 3.76. The van der Waals surface area contributed by atoms with Gasteiger partial charge in [-0.3, -0.25) is 8.97 Å². The Hall–Kier alpha value is -5.94. The summed E-state index contributed by atoms with van der Waals surface area (Å²) < 4.78 is 11.2. The van der Waals surface area contributed by atoms with Gasteiger partial charge >= 0.3 is 0 Å². The number of aromatic nitrogens is 4. The summed E-state index contributed by atoms with van der Waals surface area (Å²) in [4.78, 5) is 9.81. The summed E-state index contributed by atoms with van der Waals surface area (Å²) in [6.07, 6.45) is 10.4. The highest BCUT2D eigenvalue weighted by Gasteiger charge is 2.22. The maximum absolute atomic E-state index is 6.66. The van der Waals surface area contributed by atoms with Gasteiger partial charge in [-0.25, -0.2) is 9.97 Å². The van der Waals surface area contributed by atoms with E-state index in [0.29, 0.717) is 5.92 Å². The number of rotatable bonds is 5. The van der Waals surface area contributed by atoms with Crippen molar-refractivity contribution in [1.29, 1.82) is 0 Å². The van der Waals surface area contributed by atoms with Crippen molar-refractivity contribution in [2.75, 3.05) is 0 Å². The van der Waals surface area contributed by atoms with Gasteiger partial charge in [-0.2, -0.15) is 0 Å². The van der Waals surface area contributed by atoms with E-state index in [1.165, 1.54) is 64.8 Å². The molecular weight excluding hydrogens is 601 g/mol. The quantitative estimate of drug-likeness (QED) is 0.177. The Balaban J connectivity index is 1.12. The van der Waals surface area contributed by atoms with E-state index in [-0.39, 0.29) is 0 Å². The summed E-state index contributed by atoms with van der Waals surface area (Å²) in [5, 5.41) is 5.79. The van der Waals surface area contributed by atoms with Crippen LogP contribution in [0.15, 0.2) is 140 Å². The Morgan fingerprint density at radius 3 is 2.08 bits per heavy atom. The molecule has 0 spiro atoms. The molecule has 0 bridgehead atoms. The highest BCUT2D eigenvalue weighted by Crippen LogP contribution is 2.41. The molecule has 0 N–H and O–H groups in total. The molecule has 9 aromatic rings. The third kappa shape index (κ3) is 4.53. The van der Waals surface area contributed by atoms with Gasteiger partial charge in [-0.05, 0) is 84.3 Å². The third-order valence-electron chi connectivity index (χ3n) is 10.5. The topological polar surface area (TPSA) is 44.4 Å². The minimum Gasteiger partial charge on any atom is -0.457 e. The molecule has 0 atom stereocenters. The van der Waals surface area contributed by atoms with Gasteiger partial charge in [0.05, 0.1) is 28.4 Å². The van der Waals surface area contributed by atoms with Gasteiger partial charge in [0.15, 0.2) is 0 Å². The highest BCUT2D eigenvalue weighted by molar-refractivity contribution is 6.13. The number of pyridine rings is 2. The predicted molar refractivity (Wildman–Crippen MR) is 200 cm³/mol. The second-order valence-electron chi connectivity index (χ2n) is 13.3. The van der Waals surface area contributed by atoms with Gasteiger partial charge in [0.2, 0.25) is 0 Å². The molecule has 0 unspecified atom stereocenters. The Labute approximate surface area is 284 Å². The molecule has 10 rings (SSSR count). The second-order valence-corrected chi connectivity index (χ2v) is 13.3. The van der Waals surface area contributed by atoms with Crippen LogP contribution in [0.5, 0.6) is 11.5 Å². The van der Waals surface area contributed by atoms with Gasteiger partial charge < -0.3 is 4.74 Å². The van der Waals surface area contributed by atoms with Gasteiger partial charge in [-0.15, -0.1) is 0 Å². The third-order valence-corrected chi connectivity index (χ3v) is 10.5. The van der Waals surface area contributed by atoms with E-state index < -0.39 is 0 Å². The van der Waals surface area contributed by atoms with Crippen LogP contribution in [0.4, 0.5) is 0 Å². The number of hydrogen-bond donors (Lipinski definition) is 0. The van der Waals surface area contributed by atoms with Crippen molar-refractivity contribution in [3.8, 4) is 28.6 Å². The molecule has 236 valence electrons. The van der Waals surface area contributed by atoms with Crippen molar-refractivity contribution in [3.05, 3.63) is 145 Å². The van der Waals surface area contributed by atoms with Gasteiger partial charge in [0.1, 0.15) is 23.0 Å². The normalized spacial score (nSPS) is 14.0. The molecule has 0 saturated heterocycles. The zero-order chi connectivity index (χ0) is 32.3. The van der Waals surface area contributed by atoms with Crippen molar-refractivity contribution in [2.24, 2.45) is 0 Å². The van der Waals surface area contributed by atoms with E-state index in [9.17, 15) is 0 Å². The summed E-state index contributed by atoms with van der Waals surface area (Å²) in [5.74, 6) is 3.02. The van der Waals surface area contributed by atoms with Crippen LogP contribution >= 0.6 is 0 Å². The van der Waals surface area contributed by atoms with E-state index in [0.717, 1.165) is 50.6 Å². The van der Waals surface area contributed by atoms with Crippen molar-refractivity contribution >= 4 is 49.1 Å². The first-order valence-corrected chi connectivity index (χ1v) is 17.4.